The van der Waals surface area contributed by atoms with Gasteiger partial charge in [0.15, 0.2) is 0 Å². The summed E-state index contributed by atoms with van der Waals surface area (Å²) in [5.41, 5.74) is 5.13. The third-order valence-electron chi connectivity index (χ3n) is 6.13. The molecule has 0 fully saturated rings. The highest BCUT2D eigenvalue weighted by molar-refractivity contribution is 5.85. The van der Waals surface area contributed by atoms with Gasteiger partial charge in [0.05, 0.1) is 19.2 Å². The van der Waals surface area contributed by atoms with Gasteiger partial charge >= 0.3 is 0 Å². The lowest BCUT2D eigenvalue weighted by molar-refractivity contribution is 0.190. The van der Waals surface area contributed by atoms with E-state index in [1.165, 1.54) is 27.7 Å². The second-order valence-electron chi connectivity index (χ2n) is 7.79. The fourth-order valence-electron chi connectivity index (χ4n) is 4.77. The minimum atomic E-state index is 0.103. The van der Waals surface area contributed by atoms with Crippen molar-refractivity contribution in [1.29, 1.82) is 0 Å². The average molecular weight is 401 g/mol. The summed E-state index contributed by atoms with van der Waals surface area (Å²) >= 11 is 0. The van der Waals surface area contributed by atoms with Crippen LogP contribution in [0.4, 0.5) is 0 Å². The minimum absolute atomic E-state index is 0.103. The van der Waals surface area contributed by atoms with Crippen molar-refractivity contribution >= 4 is 10.9 Å². The molecule has 5 nitrogen and oxygen atoms in total. The van der Waals surface area contributed by atoms with Gasteiger partial charge in [0, 0.05) is 47.6 Å². The van der Waals surface area contributed by atoms with Crippen LogP contribution in [0.25, 0.3) is 10.9 Å². The highest BCUT2D eigenvalue weighted by Gasteiger charge is 2.34. The van der Waals surface area contributed by atoms with Crippen LogP contribution in [0, 0.1) is 0 Å². The predicted molar refractivity (Wildman–Crippen MR) is 120 cm³/mol. The van der Waals surface area contributed by atoms with Gasteiger partial charge in [0.25, 0.3) is 0 Å². The molecule has 2 aromatic heterocycles. The zero-order valence-electron chi connectivity index (χ0n) is 17.6. The van der Waals surface area contributed by atoms with Crippen LogP contribution in [0.5, 0.6) is 5.75 Å². The van der Waals surface area contributed by atoms with Crippen LogP contribution < -0.4 is 4.74 Å². The number of rotatable bonds is 6. The van der Waals surface area contributed by atoms with Crippen molar-refractivity contribution < 1.29 is 4.74 Å². The van der Waals surface area contributed by atoms with E-state index in [9.17, 15) is 0 Å². The van der Waals surface area contributed by atoms with Gasteiger partial charge < -0.3 is 14.3 Å². The molecule has 1 N–H and O–H groups in total. The Labute approximate surface area is 177 Å². The number of H-pyrrole nitrogens is 1. The van der Waals surface area contributed by atoms with Crippen LogP contribution in [-0.4, -0.2) is 32.6 Å². The van der Waals surface area contributed by atoms with Gasteiger partial charge in [-0.25, -0.2) is 4.98 Å². The van der Waals surface area contributed by atoms with E-state index in [-0.39, 0.29) is 6.04 Å². The average Bonchev–Trinajstić information content (AvgIpc) is 3.38. The standard InChI is InChI=1S/C25H28N4O/c1-3-28-16-14-26-23(28)17-29-15-13-19-18-9-5-7-11-21(18)27-24(19)25(29)20-10-6-8-12-22(20)30-4-2/h5-12,14,16,25,27H,3-4,13,15,17H2,1-2H3/t25-/m1/s1. The summed E-state index contributed by atoms with van der Waals surface area (Å²) < 4.78 is 8.27. The third kappa shape index (κ3) is 3.19. The largest absolute Gasteiger partial charge is 0.494 e. The second-order valence-corrected chi connectivity index (χ2v) is 7.79. The molecule has 0 saturated heterocycles. The van der Waals surface area contributed by atoms with Gasteiger partial charge in [0.1, 0.15) is 11.6 Å². The van der Waals surface area contributed by atoms with Crippen molar-refractivity contribution in [3.05, 3.63) is 83.6 Å². The molecule has 3 heterocycles. The number of nitrogens with zero attached hydrogens (tertiary/aromatic N) is 3. The molecule has 30 heavy (non-hydrogen) atoms. The fraction of sp³-hybridized carbons (Fsp3) is 0.320. The van der Waals surface area contributed by atoms with E-state index in [1.54, 1.807) is 0 Å². The van der Waals surface area contributed by atoms with Crippen LogP contribution >= 0.6 is 0 Å². The van der Waals surface area contributed by atoms with Gasteiger partial charge in [0.2, 0.25) is 0 Å². The number of hydrogen-bond acceptors (Lipinski definition) is 3. The quantitative estimate of drug-likeness (QED) is 0.499. The maximum absolute atomic E-state index is 6.05. The van der Waals surface area contributed by atoms with Crippen molar-refractivity contribution in [2.24, 2.45) is 0 Å². The van der Waals surface area contributed by atoms with Crippen molar-refractivity contribution in [3.8, 4) is 5.75 Å². The van der Waals surface area contributed by atoms with E-state index in [1.807, 2.05) is 13.1 Å². The summed E-state index contributed by atoms with van der Waals surface area (Å²) in [5.74, 6) is 2.07. The number of benzene rings is 2. The third-order valence-corrected chi connectivity index (χ3v) is 6.13. The van der Waals surface area contributed by atoms with Crippen molar-refractivity contribution in [2.75, 3.05) is 13.2 Å². The normalized spacial score (nSPS) is 16.7. The molecule has 0 aliphatic carbocycles. The van der Waals surface area contributed by atoms with E-state index >= 15 is 0 Å². The van der Waals surface area contributed by atoms with Gasteiger partial charge in [-0.05, 0) is 38.0 Å². The van der Waals surface area contributed by atoms with Crippen LogP contribution in [0.1, 0.15) is 42.5 Å². The summed E-state index contributed by atoms with van der Waals surface area (Å²) in [6, 6.07) is 17.2. The predicted octanol–water partition coefficient (Wildman–Crippen LogP) is 4.93. The molecule has 0 bridgehead atoms. The van der Waals surface area contributed by atoms with Crippen LogP contribution in [0.2, 0.25) is 0 Å². The highest BCUT2D eigenvalue weighted by atomic mass is 16.5. The lowest BCUT2D eigenvalue weighted by Crippen LogP contribution is -2.36. The molecule has 2 aromatic carbocycles. The zero-order chi connectivity index (χ0) is 20.5. The molecule has 154 valence electrons. The van der Waals surface area contributed by atoms with Crippen LogP contribution in [0.3, 0.4) is 0 Å². The number of para-hydroxylation sites is 2. The maximum atomic E-state index is 6.05. The van der Waals surface area contributed by atoms with E-state index in [2.05, 4.69) is 81.1 Å². The lowest BCUT2D eigenvalue weighted by Gasteiger charge is -2.36. The molecule has 0 spiro atoms. The minimum Gasteiger partial charge on any atom is -0.494 e. The van der Waals surface area contributed by atoms with E-state index in [4.69, 9.17) is 4.74 Å². The van der Waals surface area contributed by atoms with Crippen molar-refractivity contribution in [1.82, 2.24) is 19.4 Å². The second kappa shape index (κ2) is 8.00. The smallest absolute Gasteiger partial charge is 0.124 e. The molecule has 1 aliphatic rings. The molecule has 1 aliphatic heterocycles. The first-order chi connectivity index (χ1) is 14.8. The molecule has 0 amide bonds. The molecule has 0 saturated carbocycles. The van der Waals surface area contributed by atoms with E-state index in [0.717, 1.165) is 37.6 Å². The molecular weight excluding hydrogens is 372 g/mol. The summed E-state index contributed by atoms with van der Waals surface area (Å²) in [6.07, 6.45) is 5.00. The number of aryl methyl sites for hydroxylation is 1. The first kappa shape index (κ1) is 18.9. The number of nitrogens with one attached hydrogen (secondary N) is 1. The fourth-order valence-corrected chi connectivity index (χ4v) is 4.77. The Morgan fingerprint density at radius 2 is 1.93 bits per heavy atom. The summed E-state index contributed by atoms with van der Waals surface area (Å²) in [7, 11) is 0. The van der Waals surface area contributed by atoms with Crippen molar-refractivity contribution in [3.63, 3.8) is 0 Å². The molecule has 4 aromatic rings. The molecular formula is C25H28N4O. The first-order valence-corrected chi connectivity index (χ1v) is 10.8. The number of hydrogen-bond donors (Lipinski definition) is 1. The number of imidazole rings is 1. The number of ether oxygens (including phenoxy) is 1. The maximum Gasteiger partial charge on any atom is 0.124 e. The zero-order valence-corrected chi connectivity index (χ0v) is 17.6. The summed E-state index contributed by atoms with van der Waals surface area (Å²) in [5, 5.41) is 1.33. The molecule has 0 radical (unpaired) electrons. The van der Waals surface area contributed by atoms with Gasteiger partial charge in [-0.2, -0.15) is 0 Å². The molecule has 5 rings (SSSR count). The first-order valence-electron chi connectivity index (χ1n) is 10.8. The number of fused-ring (bicyclic) bond motifs is 3. The number of aromatic nitrogens is 3. The topological polar surface area (TPSA) is 46.1 Å². The molecule has 0 unspecified atom stereocenters. The Kier molecular flexibility index (Phi) is 5.05. The SMILES string of the molecule is CCOc1ccccc1[C@@H]1c2[nH]c3ccccc3c2CCN1Cc1nccn1CC. The Balaban J connectivity index is 1.64. The molecule has 1 atom stereocenters. The van der Waals surface area contributed by atoms with Gasteiger partial charge in [-0.1, -0.05) is 36.4 Å². The Hall–Kier alpha value is -3.05. The number of aromatic amines is 1. The van der Waals surface area contributed by atoms with Gasteiger partial charge in [-0.3, -0.25) is 4.90 Å². The van der Waals surface area contributed by atoms with Crippen LogP contribution in [-0.2, 0) is 19.5 Å². The van der Waals surface area contributed by atoms with Crippen LogP contribution in [0.15, 0.2) is 60.9 Å². The van der Waals surface area contributed by atoms with E-state index < -0.39 is 0 Å². The van der Waals surface area contributed by atoms with Crippen molar-refractivity contribution in [2.45, 2.75) is 39.4 Å². The Morgan fingerprint density at radius 1 is 1.10 bits per heavy atom. The molecule has 5 heteroatoms. The lowest BCUT2D eigenvalue weighted by atomic mass is 9.91. The Bertz CT molecular complexity index is 1160. The highest BCUT2D eigenvalue weighted by Crippen LogP contribution is 2.41. The monoisotopic (exact) mass is 400 g/mol. The van der Waals surface area contributed by atoms with Gasteiger partial charge in [-0.15, -0.1) is 0 Å². The Morgan fingerprint density at radius 3 is 2.80 bits per heavy atom. The van der Waals surface area contributed by atoms with E-state index in [0.29, 0.717) is 6.61 Å². The summed E-state index contributed by atoms with van der Waals surface area (Å²) in [6.45, 7) is 7.59. The summed E-state index contributed by atoms with van der Waals surface area (Å²) in [4.78, 5) is 10.9.